The van der Waals surface area contributed by atoms with Gasteiger partial charge < -0.3 is 4.74 Å². The van der Waals surface area contributed by atoms with E-state index in [1.165, 1.54) is 18.9 Å². The van der Waals surface area contributed by atoms with Gasteiger partial charge in [-0.05, 0) is 25.8 Å². The van der Waals surface area contributed by atoms with Crippen molar-refractivity contribution in [2.24, 2.45) is 0 Å². The molecule has 2 nitrogen and oxygen atoms in total. The van der Waals surface area contributed by atoms with E-state index in [1.807, 2.05) is 13.0 Å². The molecule has 1 atom stereocenters. The fraction of sp³-hybridized carbons (Fsp3) is 0.700. The zero-order valence-electron chi connectivity index (χ0n) is 7.80. The summed E-state index contributed by atoms with van der Waals surface area (Å²) in [5.74, 6) is -0.200. The minimum Gasteiger partial charge on any atom is -0.452 e. The normalized spacial score (nSPS) is 27.7. The minimum atomic E-state index is -0.313. The molecule has 0 saturated carbocycles. The molecule has 2 heteroatoms. The summed E-state index contributed by atoms with van der Waals surface area (Å²) in [4.78, 5) is 10.8. The molecule has 0 fully saturated rings. The zero-order valence-corrected chi connectivity index (χ0v) is 7.80. The number of hydrogen-bond donors (Lipinski definition) is 0. The van der Waals surface area contributed by atoms with E-state index in [-0.39, 0.29) is 11.6 Å². The zero-order chi connectivity index (χ0) is 9.03. The Balaban J connectivity index is 2.31. The number of cyclic esters (lactones) is 1. The number of carbonyl (C=O) groups excluding carboxylic acids is 1. The van der Waals surface area contributed by atoms with E-state index in [1.54, 1.807) is 0 Å². The molecule has 0 bridgehead atoms. The number of hydrogen-bond acceptors (Lipinski definition) is 2. The van der Waals surface area contributed by atoms with E-state index in [0.29, 0.717) is 0 Å². The van der Waals surface area contributed by atoms with Gasteiger partial charge in [-0.15, -0.1) is 0 Å². The smallest absolute Gasteiger partial charge is 0.331 e. The fourth-order valence-corrected chi connectivity index (χ4v) is 1.40. The quantitative estimate of drug-likeness (QED) is 0.476. The van der Waals surface area contributed by atoms with Gasteiger partial charge in [-0.1, -0.05) is 19.8 Å². The molecule has 0 aromatic carbocycles. The Labute approximate surface area is 73.6 Å². The molecular weight excluding hydrogens is 152 g/mol. The molecule has 1 rings (SSSR count). The summed E-state index contributed by atoms with van der Waals surface area (Å²) in [6.45, 7) is 4.13. The van der Waals surface area contributed by atoms with Crippen LogP contribution in [-0.2, 0) is 9.53 Å². The van der Waals surface area contributed by atoms with E-state index in [0.717, 1.165) is 12.8 Å². The lowest BCUT2D eigenvalue weighted by atomic mass is 9.99. The van der Waals surface area contributed by atoms with Gasteiger partial charge >= 0.3 is 5.97 Å². The summed E-state index contributed by atoms with van der Waals surface area (Å²) < 4.78 is 5.15. The molecule has 0 radical (unpaired) electrons. The van der Waals surface area contributed by atoms with Crippen molar-refractivity contribution in [3.63, 3.8) is 0 Å². The van der Waals surface area contributed by atoms with Crippen molar-refractivity contribution in [3.8, 4) is 0 Å². The van der Waals surface area contributed by atoms with Crippen molar-refractivity contribution in [1.82, 2.24) is 0 Å². The van der Waals surface area contributed by atoms with E-state index in [2.05, 4.69) is 6.92 Å². The molecule has 1 unspecified atom stereocenters. The number of rotatable bonds is 4. The molecular formula is C10H16O2. The first kappa shape index (κ1) is 9.30. The Bertz CT molecular complexity index is 196. The number of esters is 1. The minimum absolute atomic E-state index is 0.200. The van der Waals surface area contributed by atoms with Gasteiger partial charge in [0.2, 0.25) is 0 Å². The van der Waals surface area contributed by atoms with Crippen molar-refractivity contribution >= 4 is 5.97 Å². The first-order valence-electron chi connectivity index (χ1n) is 4.58. The first-order valence-corrected chi connectivity index (χ1v) is 4.58. The Morgan fingerprint density at radius 3 is 2.75 bits per heavy atom. The lowest BCUT2D eigenvalue weighted by molar-refractivity contribution is -0.144. The molecule has 1 heterocycles. The Kier molecular flexibility index (Phi) is 2.90. The SMILES string of the molecule is CCCCCC1(C)C=CC(=O)O1. The molecule has 0 aliphatic carbocycles. The lowest BCUT2D eigenvalue weighted by Crippen LogP contribution is -2.23. The highest BCUT2D eigenvalue weighted by Gasteiger charge is 2.29. The highest BCUT2D eigenvalue weighted by molar-refractivity contribution is 5.85. The van der Waals surface area contributed by atoms with Crippen LogP contribution in [0.3, 0.4) is 0 Å². The predicted molar refractivity (Wildman–Crippen MR) is 47.8 cm³/mol. The molecule has 0 N–H and O–H groups in total. The van der Waals surface area contributed by atoms with E-state index < -0.39 is 0 Å². The number of ether oxygens (including phenoxy) is 1. The molecule has 68 valence electrons. The monoisotopic (exact) mass is 168 g/mol. The third kappa shape index (κ3) is 2.36. The predicted octanol–water partition coefficient (Wildman–Crippen LogP) is 2.44. The summed E-state index contributed by atoms with van der Waals surface area (Å²) in [5.41, 5.74) is -0.313. The highest BCUT2D eigenvalue weighted by atomic mass is 16.6. The number of carbonyl (C=O) groups is 1. The topological polar surface area (TPSA) is 26.3 Å². The molecule has 1 aliphatic rings. The molecule has 12 heavy (non-hydrogen) atoms. The van der Waals surface area contributed by atoms with Crippen LogP contribution in [0.1, 0.15) is 39.5 Å². The van der Waals surface area contributed by atoms with Crippen molar-refractivity contribution in [2.45, 2.75) is 45.1 Å². The summed E-state index contributed by atoms with van der Waals surface area (Å²) in [6.07, 6.45) is 7.87. The Hall–Kier alpha value is -0.790. The average molecular weight is 168 g/mol. The maximum absolute atomic E-state index is 10.8. The van der Waals surface area contributed by atoms with Crippen molar-refractivity contribution in [1.29, 1.82) is 0 Å². The van der Waals surface area contributed by atoms with E-state index in [9.17, 15) is 4.79 Å². The van der Waals surface area contributed by atoms with Gasteiger partial charge in [0, 0.05) is 6.08 Å². The van der Waals surface area contributed by atoms with Crippen LogP contribution in [-0.4, -0.2) is 11.6 Å². The molecule has 0 aromatic heterocycles. The molecule has 0 amide bonds. The van der Waals surface area contributed by atoms with Crippen LogP contribution >= 0.6 is 0 Å². The fourth-order valence-electron chi connectivity index (χ4n) is 1.40. The van der Waals surface area contributed by atoms with E-state index >= 15 is 0 Å². The van der Waals surface area contributed by atoms with Gasteiger partial charge in [0.25, 0.3) is 0 Å². The Morgan fingerprint density at radius 1 is 1.50 bits per heavy atom. The average Bonchev–Trinajstić information content (AvgIpc) is 2.32. The lowest BCUT2D eigenvalue weighted by Gasteiger charge is -2.20. The maximum Gasteiger partial charge on any atom is 0.331 e. The summed E-state index contributed by atoms with van der Waals surface area (Å²) in [6, 6.07) is 0. The van der Waals surface area contributed by atoms with Crippen molar-refractivity contribution < 1.29 is 9.53 Å². The van der Waals surface area contributed by atoms with Crippen LogP contribution < -0.4 is 0 Å². The van der Waals surface area contributed by atoms with Crippen LogP contribution in [0.5, 0.6) is 0 Å². The number of unbranched alkanes of at least 4 members (excludes halogenated alkanes) is 2. The van der Waals surface area contributed by atoms with Crippen LogP contribution in [0.4, 0.5) is 0 Å². The second-order valence-electron chi connectivity index (χ2n) is 3.52. The molecule has 1 aliphatic heterocycles. The van der Waals surface area contributed by atoms with Crippen molar-refractivity contribution in [2.75, 3.05) is 0 Å². The van der Waals surface area contributed by atoms with Gasteiger partial charge in [-0.2, -0.15) is 0 Å². The van der Waals surface area contributed by atoms with Gasteiger partial charge in [0.1, 0.15) is 5.60 Å². The Morgan fingerprint density at radius 2 is 2.25 bits per heavy atom. The van der Waals surface area contributed by atoms with Gasteiger partial charge in [-0.3, -0.25) is 0 Å². The molecule has 0 saturated heterocycles. The van der Waals surface area contributed by atoms with Crippen LogP contribution in [0.25, 0.3) is 0 Å². The maximum atomic E-state index is 10.8. The van der Waals surface area contributed by atoms with Crippen LogP contribution in [0.15, 0.2) is 12.2 Å². The highest BCUT2D eigenvalue weighted by Crippen LogP contribution is 2.25. The van der Waals surface area contributed by atoms with Crippen LogP contribution in [0, 0.1) is 0 Å². The molecule has 0 aromatic rings. The van der Waals surface area contributed by atoms with E-state index in [4.69, 9.17) is 4.74 Å². The summed E-state index contributed by atoms with van der Waals surface area (Å²) in [5, 5.41) is 0. The second-order valence-corrected chi connectivity index (χ2v) is 3.52. The summed E-state index contributed by atoms with van der Waals surface area (Å²) in [7, 11) is 0. The first-order chi connectivity index (χ1) is 5.66. The standard InChI is InChI=1S/C10H16O2/c1-3-4-5-7-10(2)8-6-9(11)12-10/h6,8H,3-5,7H2,1-2H3. The third-order valence-electron chi connectivity index (χ3n) is 2.18. The third-order valence-corrected chi connectivity index (χ3v) is 2.18. The molecule has 0 spiro atoms. The van der Waals surface area contributed by atoms with Crippen LogP contribution in [0.2, 0.25) is 0 Å². The van der Waals surface area contributed by atoms with Gasteiger partial charge in [-0.25, -0.2) is 4.79 Å². The van der Waals surface area contributed by atoms with Gasteiger partial charge in [0.15, 0.2) is 0 Å². The second kappa shape index (κ2) is 3.74. The van der Waals surface area contributed by atoms with Gasteiger partial charge in [0.05, 0.1) is 0 Å². The van der Waals surface area contributed by atoms with Crippen molar-refractivity contribution in [3.05, 3.63) is 12.2 Å². The summed E-state index contributed by atoms with van der Waals surface area (Å²) >= 11 is 0. The largest absolute Gasteiger partial charge is 0.452 e.